The van der Waals surface area contributed by atoms with Gasteiger partial charge in [0, 0.05) is 11.4 Å². The summed E-state index contributed by atoms with van der Waals surface area (Å²) < 4.78 is 2.06. The molecule has 1 fully saturated rings. The van der Waals surface area contributed by atoms with Gasteiger partial charge in [0.05, 0.1) is 5.54 Å². The Morgan fingerprint density at radius 1 is 1.35 bits per heavy atom. The highest BCUT2D eigenvalue weighted by Gasteiger charge is 2.35. The maximum absolute atomic E-state index is 4.42. The molecule has 0 radical (unpaired) electrons. The van der Waals surface area contributed by atoms with Crippen LogP contribution < -0.4 is 5.32 Å². The number of aryl methyl sites for hydroxylation is 2. The molecule has 0 spiro atoms. The Hall–Kier alpha value is -1.49. The van der Waals surface area contributed by atoms with E-state index in [1.807, 2.05) is 6.92 Å². The number of nitrogens with zero attached hydrogens (tertiary/aromatic N) is 4. The number of nitrogens with one attached hydrogen (secondary N) is 1. The second kappa shape index (κ2) is 3.50. The molecule has 0 amide bonds. The van der Waals surface area contributed by atoms with Gasteiger partial charge in [-0.25, -0.2) is 4.98 Å². The molecule has 2 aromatic heterocycles. The third kappa shape index (κ3) is 1.53. The molecular weight excluding hydrogens is 214 g/mol. The van der Waals surface area contributed by atoms with Crippen LogP contribution >= 0.6 is 0 Å². The van der Waals surface area contributed by atoms with Gasteiger partial charge in [0.15, 0.2) is 5.82 Å². The van der Waals surface area contributed by atoms with Gasteiger partial charge in [-0.15, -0.1) is 10.2 Å². The maximum Gasteiger partial charge on any atom is 0.255 e. The molecule has 5 nitrogen and oxygen atoms in total. The Morgan fingerprint density at radius 2 is 2.18 bits per heavy atom. The Balaban J connectivity index is 2.24. The van der Waals surface area contributed by atoms with Crippen LogP contribution in [-0.4, -0.2) is 26.1 Å². The molecule has 3 rings (SSSR count). The summed E-state index contributed by atoms with van der Waals surface area (Å²) in [6.07, 6.45) is 2.28. The van der Waals surface area contributed by atoms with E-state index in [9.17, 15) is 0 Å². The molecule has 17 heavy (non-hydrogen) atoms. The second-order valence-electron chi connectivity index (χ2n) is 5.06. The smallest absolute Gasteiger partial charge is 0.255 e. The van der Waals surface area contributed by atoms with Gasteiger partial charge in [-0.2, -0.15) is 0 Å². The lowest BCUT2D eigenvalue weighted by Crippen LogP contribution is -2.35. The average Bonchev–Trinajstić information content (AvgIpc) is 2.84. The van der Waals surface area contributed by atoms with Crippen LogP contribution in [0.25, 0.3) is 5.78 Å². The number of hydrogen-bond donors (Lipinski definition) is 1. The van der Waals surface area contributed by atoms with Crippen molar-refractivity contribution in [2.45, 2.75) is 39.2 Å². The number of aromatic nitrogens is 4. The second-order valence-corrected chi connectivity index (χ2v) is 5.06. The van der Waals surface area contributed by atoms with Crippen molar-refractivity contribution >= 4 is 5.78 Å². The SMILES string of the molecule is Cc1cc(C)n2c(C3(C)CCCN3)nnc2n1. The quantitative estimate of drug-likeness (QED) is 0.804. The molecule has 1 aliphatic heterocycles. The van der Waals surface area contributed by atoms with E-state index in [4.69, 9.17) is 0 Å². The molecule has 90 valence electrons. The van der Waals surface area contributed by atoms with Crippen LogP contribution in [0.5, 0.6) is 0 Å². The summed E-state index contributed by atoms with van der Waals surface area (Å²) in [5.74, 6) is 1.68. The molecule has 1 N–H and O–H groups in total. The summed E-state index contributed by atoms with van der Waals surface area (Å²) >= 11 is 0. The van der Waals surface area contributed by atoms with Crippen molar-refractivity contribution in [3.05, 3.63) is 23.3 Å². The van der Waals surface area contributed by atoms with Crippen molar-refractivity contribution in [1.29, 1.82) is 0 Å². The molecule has 3 heterocycles. The first-order valence-corrected chi connectivity index (χ1v) is 6.05. The van der Waals surface area contributed by atoms with Gasteiger partial charge in [0.25, 0.3) is 5.78 Å². The van der Waals surface area contributed by atoms with Crippen molar-refractivity contribution < 1.29 is 0 Å². The molecule has 0 bridgehead atoms. The first-order chi connectivity index (χ1) is 8.10. The van der Waals surface area contributed by atoms with Crippen molar-refractivity contribution in [2.24, 2.45) is 0 Å². The van der Waals surface area contributed by atoms with Crippen LogP contribution in [0.15, 0.2) is 6.07 Å². The molecule has 5 heteroatoms. The van der Waals surface area contributed by atoms with Gasteiger partial charge in [-0.1, -0.05) is 0 Å². The number of rotatable bonds is 1. The van der Waals surface area contributed by atoms with Gasteiger partial charge >= 0.3 is 0 Å². The zero-order valence-corrected chi connectivity index (χ0v) is 10.5. The fourth-order valence-corrected chi connectivity index (χ4v) is 2.67. The van der Waals surface area contributed by atoms with Crippen LogP contribution in [0.4, 0.5) is 0 Å². The zero-order valence-electron chi connectivity index (χ0n) is 10.5. The van der Waals surface area contributed by atoms with E-state index in [1.165, 1.54) is 6.42 Å². The van der Waals surface area contributed by atoms with Crippen LogP contribution in [0.1, 0.15) is 37.0 Å². The highest BCUT2D eigenvalue weighted by Crippen LogP contribution is 2.29. The van der Waals surface area contributed by atoms with E-state index in [0.717, 1.165) is 30.2 Å². The summed E-state index contributed by atoms with van der Waals surface area (Å²) in [4.78, 5) is 4.42. The molecule has 1 saturated heterocycles. The molecule has 1 aliphatic rings. The monoisotopic (exact) mass is 231 g/mol. The molecule has 1 atom stereocenters. The lowest BCUT2D eigenvalue weighted by atomic mass is 9.99. The van der Waals surface area contributed by atoms with E-state index < -0.39 is 0 Å². The average molecular weight is 231 g/mol. The van der Waals surface area contributed by atoms with Crippen LogP contribution in [-0.2, 0) is 5.54 Å². The van der Waals surface area contributed by atoms with E-state index in [2.05, 4.69) is 44.8 Å². The van der Waals surface area contributed by atoms with E-state index >= 15 is 0 Å². The van der Waals surface area contributed by atoms with Gasteiger partial charge in [0.2, 0.25) is 0 Å². The van der Waals surface area contributed by atoms with Crippen LogP contribution in [0, 0.1) is 13.8 Å². The third-order valence-electron chi connectivity index (χ3n) is 3.56. The Kier molecular flexibility index (Phi) is 2.19. The minimum absolute atomic E-state index is 0.0683. The standard InChI is InChI=1S/C12H17N5/c1-8-7-9(2)17-10(15-16-11(17)14-8)12(3)5-4-6-13-12/h7,13H,4-6H2,1-3H3. The lowest BCUT2D eigenvalue weighted by Gasteiger charge is -2.22. The molecule has 0 aliphatic carbocycles. The first-order valence-electron chi connectivity index (χ1n) is 6.05. The largest absolute Gasteiger partial charge is 0.305 e. The van der Waals surface area contributed by atoms with Crippen molar-refractivity contribution in [3.63, 3.8) is 0 Å². The van der Waals surface area contributed by atoms with Crippen LogP contribution in [0.3, 0.4) is 0 Å². The van der Waals surface area contributed by atoms with Gasteiger partial charge < -0.3 is 5.32 Å². The van der Waals surface area contributed by atoms with Crippen molar-refractivity contribution in [3.8, 4) is 0 Å². The van der Waals surface area contributed by atoms with E-state index in [1.54, 1.807) is 0 Å². The fraction of sp³-hybridized carbons (Fsp3) is 0.583. The molecule has 0 aromatic carbocycles. The van der Waals surface area contributed by atoms with Crippen molar-refractivity contribution in [2.75, 3.05) is 6.54 Å². The Labute approximate surface area is 100 Å². The molecular formula is C12H17N5. The van der Waals surface area contributed by atoms with Gasteiger partial charge in [-0.05, 0) is 46.2 Å². The number of hydrogen-bond acceptors (Lipinski definition) is 4. The third-order valence-corrected chi connectivity index (χ3v) is 3.56. The minimum Gasteiger partial charge on any atom is -0.305 e. The molecule has 2 aromatic rings. The summed E-state index contributed by atoms with van der Waals surface area (Å²) in [5, 5.41) is 12.0. The van der Waals surface area contributed by atoms with Crippen LogP contribution in [0.2, 0.25) is 0 Å². The Morgan fingerprint density at radius 3 is 2.88 bits per heavy atom. The van der Waals surface area contributed by atoms with Gasteiger partial charge in [-0.3, -0.25) is 4.40 Å². The highest BCUT2D eigenvalue weighted by atomic mass is 15.3. The molecule has 0 saturated carbocycles. The first kappa shape index (κ1) is 10.7. The predicted molar refractivity (Wildman–Crippen MR) is 64.8 cm³/mol. The zero-order chi connectivity index (χ0) is 12.0. The Bertz CT molecular complexity index is 566. The number of fused-ring (bicyclic) bond motifs is 1. The maximum atomic E-state index is 4.42. The van der Waals surface area contributed by atoms with Gasteiger partial charge in [0.1, 0.15) is 0 Å². The summed E-state index contributed by atoms with van der Waals surface area (Å²) in [7, 11) is 0. The van der Waals surface area contributed by atoms with E-state index in [0.29, 0.717) is 5.78 Å². The topological polar surface area (TPSA) is 55.1 Å². The normalized spacial score (nSPS) is 24.6. The molecule has 1 unspecified atom stereocenters. The fourth-order valence-electron chi connectivity index (χ4n) is 2.67. The lowest BCUT2D eigenvalue weighted by molar-refractivity contribution is 0.402. The summed E-state index contributed by atoms with van der Waals surface area (Å²) in [5.41, 5.74) is 2.06. The predicted octanol–water partition coefficient (Wildman–Crippen LogP) is 1.34. The summed E-state index contributed by atoms with van der Waals surface area (Å²) in [6, 6.07) is 2.07. The minimum atomic E-state index is -0.0683. The van der Waals surface area contributed by atoms with Crippen molar-refractivity contribution in [1.82, 2.24) is 24.9 Å². The summed E-state index contributed by atoms with van der Waals surface area (Å²) in [6.45, 7) is 7.29. The highest BCUT2D eigenvalue weighted by molar-refractivity contribution is 5.34. The van der Waals surface area contributed by atoms with E-state index in [-0.39, 0.29) is 5.54 Å².